The van der Waals surface area contributed by atoms with Crippen molar-refractivity contribution in [2.24, 2.45) is 0 Å². The number of anilines is 2. The van der Waals surface area contributed by atoms with Gasteiger partial charge in [0.15, 0.2) is 0 Å². The van der Waals surface area contributed by atoms with Crippen LogP contribution in [0.25, 0.3) is 21.9 Å². The highest BCUT2D eigenvalue weighted by Gasteiger charge is 2.02. The Morgan fingerprint density at radius 1 is 0.773 bits per heavy atom. The van der Waals surface area contributed by atoms with E-state index in [-0.39, 0.29) is 0 Å². The van der Waals surface area contributed by atoms with Crippen molar-refractivity contribution in [3.63, 3.8) is 0 Å². The lowest BCUT2D eigenvalue weighted by Gasteiger charge is -2.06. The quantitative estimate of drug-likeness (QED) is 0.710. The molecule has 0 unspecified atom stereocenters. The Morgan fingerprint density at radius 3 is 2.23 bits per heavy atom. The van der Waals surface area contributed by atoms with E-state index in [1.807, 2.05) is 36.4 Å². The van der Waals surface area contributed by atoms with Crippen LogP contribution < -0.4 is 10.6 Å². The van der Waals surface area contributed by atoms with E-state index in [0.717, 1.165) is 27.6 Å². The molecular weight excluding hydrogens is 278 g/mol. The third kappa shape index (κ3) is 2.78. The molecule has 0 saturated carbocycles. The third-order valence-electron chi connectivity index (χ3n) is 3.37. The molecule has 3 rings (SSSR count). The Labute approximate surface area is 127 Å². The summed E-state index contributed by atoms with van der Waals surface area (Å²) in [4.78, 5) is 25.0. The van der Waals surface area contributed by atoms with Crippen LogP contribution in [0.1, 0.15) is 0 Å². The molecule has 0 radical (unpaired) electrons. The minimum absolute atomic E-state index is 0.518. The largest absolute Gasteiger partial charge is 0.329 e. The molecule has 0 atom stereocenters. The lowest BCUT2D eigenvalue weighted by Crippen LogP contribution is -1.96. The zero-order valence-corrected chi connectivity index (χ0v) is 11.6. The van der Waals surface area contributed by atoms with E-state index in [1.165, 1.54) is 0 Å². The summed E-state index contributed by atoms with van der Waals surface area (Å²) in [5.74, 6) is 0.518. The van der Waals surface area contributed by atoms with E-state index in [0.29, 0.717) is 18.6 Å². The van der Waals surface area contributed by atoms with Gasteiger partial charge in [-0.2, -0.15) is 0 Å². The Bertz CT molecular complexity index is 829. The molecule has 2 N–H and O–H groups in total. The number of hydrogen-bond donors (Lipinski definition) is 2. The van der Waals surface area contributed by atoms with Crippen LogP contribution in [0.4, 0.5) is 11.5 Å². The number of amides is 2. The van der Waals surface area contributed by atoms with Gasteiger partial charge in [-0.15, -0.1) is 0 Å². The van der Waals surface area contributed by atoms with Gasteiger partial charge in [0.25, 0.3) is 0 Å². The molecule has 1 aromatic heterocycles. The van der Waals surface area contributed by atoms with E-state index in [1.54, 1.807) is 12.3 Å². The number of fused-ring (bicyclic) bond motifs is 1. The van der Waals surface area contributed by atoms with Crippen LogP contribution in [0, 0.1) is 0 Å². The number of carbonyl (C=O) groups excluding carboxylic acids is 2. The van der Waals surface area contributed by atoms with Crippen LogP contribution >= 0.6 is 0 Å². The van der Waals surface area contributed by atoms with E-state index < -0.39 is 0 Å². The fourth-order valence-corrected chi connectivity index (χ4v) is 2.29. The Hall–Kier alpha value is -3.21. The minimum Gasteiger partial charge on any atom is -0.329 e. The number of carbonyl (C=O) groups is 2. The van der Waals surface area contributed by atoms with Crippen molar-refractivity contribution in [3.05, 3.63) is 54.7 Å². The summed E-state index contributed by atoms with van der Waals surface area (Å²) in [5, 5.41) is 7.26. The van der Waals surface area contributed by atoms with Gasteiger partial charge in [0.2, 0.25) is 12.8 Å². The van der Waals surface area contributed by atoms with Crippen LogP contribution in [0.2, 0.25) is 0 Å². The van der Waals surface area contributed by atoms with Crippen LogP contribution in [0.5, 0.6) is 0 Å². The number of nitrogens with zero attached hydrogens (tertiary/aromatic N) is 1. The third-order valence-corrected chi connectivity index (χ3v) is 3.37. The fourth-order valence-electron chi connectivity index (χ4n) is 2.29. The van der Waals surface area contributed by atoms with Crippen LogP contribution in [0.15, 0.2) is 54.7 Å². The smallest absolute Gasteiger partial charge is 0.212 e. The van der Waals surface area contributed by atoms with Crippen LogP contribution in [-0.4, -0.2) is 17.8 Å². The second kappa shape index (κ2) is 6.05. The number of rotatable bonds is 5. The SMILES string of the molecule is O=CNc1ccc2cc(-c3ccc(NC=O)nc3)ccc2c1. The first-order valence-corrected chi connectivity index (χ1v) is 6.71. The average molecular weight is 291 g/mol. The van der Waals surface area contributed by atoms with Gasteiger partial charge in [0.05, 0.1) is 0 Å². The van der Waals surface area contributed by atoms with E-state index in [2.05, 4.69) is 21.7 Å². The molecule has 0 spiro atoms. The normalized spacial score (nSPS) is 10.2. The van der Waals surface area contributed by atoms with Gasteiger partial charge in [0, 0.05) is 17.4 Å². The van der Waals surface area contributed by atoms with Gasteiger partial charge in [-0.05, 0) is 46.7 Å². The first kappa shape index (κ1) is 13.8. The Kier molecular flexibility index (Phi) is 3.78. The maximum atomic E-state index is 10.5. The summed E-state index contributed by atoms with van der Waals surface area (Å²) in [6, 6.07) is 15.4. The molecule has 5 heteroatoms. The number of hydrogen-bond acceptors (Lipinski definition) is 3. The Morgan fingerprint density at radius 2 is 1.50 bits per heavy atom. The molecule has 22 heavy (non-hydrogen) atoms. The fraction of sp³-hybridized carbons (Fsp3) is 0. The van der Waals surface area contributed by atoms with Crippen LogP contribution in [0.3, 0.4) is 0 Å². The predicted octanol–water partition coefficient (Wildman–Crippen LogP) is 3.04. The predicted molar refractivity (Wildman–Crippen MR) is 86.6 cm³/mol. The van der Waals surface area contributed by atoms with Crippen molar-refractivity contribution in [2.45, 2.75) is 0 Å². The molecule has 0 aliphatic heterocycles. The van der Waals surface area contributed by atoms with Gasteiger partial charge in [-0.1, -0.05) is 18.2 Å². The zero-order valence-electron chi connectivity index (χ0n) is 11.6. The lowest BCUT2D eigenvalue weighted by atomic mass is 10.0. The number of nitrogens with one attached hydrogen (secondary N) is 2. The standard InChI is InChI=1S/C17H13N3O2/c21-10-19-16-5-3-12-7-13(1-2-14(12)8-16)15-4-6-17(18-9-15)20-11-22/h1-11H,(H,19,21)(H,18,20,22). The van der Waals surface area contributed by atoms with Crippen LogP contribution in [-0.2, 0) is 9.59 Å². The molecule has 0 bridgehead atoms. The van der Waals surface area contributed by atoms with Gasteiger partial charge >= 0.3 is 0 Å². The highest BCUT2D eigenvalue weighted by Crippen LogP contribution is 2.26. The number of pyridine rings is 1. The van der Waals surface area contributed by atoms with Crippen molar-refractivity contribution in [2.75, 3.05) is 10.6 Å². The van der Waals surface area contributed by atoms with Crippen molar-refractivity contribution >= 4 is 35.1 Å². The lowest BCUT2D eigenvalue weighted by molar-refractivity contribution is -0.106. The van der Waals surface area contributed by atoms with Crippen molar-refractivity contribution in [1.29, 1.82) is 0 Å². The van der Waals surface area contributed by atoms with E-state index >= 15 is 0 Å². The molecule has 0 aliphatic rings. The summed E-state index contributed by atoms with van der Waals surface area (Å²) < 4.78 is 0. The summed E-state index contributed by atoms with van der Waals surface area (Å²) in [7, 11) is 0. The topological polar surface area (TPSA) is 71.1 Å². The molecule has 108 valence electrons. The number of aromatic nitrogens is 1. The molecule has 0 saturated heterocycles. The molecule has 1 heterocycles. The molecule has 5 nitrogen and oxygen atoms in total. The average Bonchev–Trinajstić information content (AvgIpc) is 2.56. The monoisotopic (exact) mass is 291 g/mol. The molecule has 0 fully saturated rings. The second-order valence-electron chi connectivity index (χ2n) is 4.73. The van der Waals surface area contributed by atoms with E-state index in [4.69, 9.17) is 0 Å². The summed E-state index contributed by atoms with van der Waals surface area (Å²) in [6.07, 6.45) is 2.98. The van der Waals surface area contributed by atoms with Gasteiger partial charge in [-0.3, -0.25) is 9.59 Å². The first-order valence-electron chi connectivity index (χ1n) is 6.71. The van der Waals surface area contributed by atoms with Crippen molar-refractivity contribution in [1.82, 2.24) is 4.98 Å². The maximum absolute atomic E-state index is 10.5. The van der Waals surface area contributed by atoms with Crippen molar-refractivity contribution < 1.29 is 9.59 Å². The molecule has 3 aromatic rings. The van der Waals surface area contributed by atoms with Gasteiger partial charge in [0.1, 0.15) is 5.82 Å². The minimum atomic E-state index is 0.518. The van der Waals surface area contributed by atoms with Crippen molar-refractivity contribution in [3.8, 4) is 11.1 Å². The van der Waals surface area contributed by atoms with E-state index in [9.17, 15) is 9.59 Å². The molecule has 2 aromatic carbocycles. The summed E-state index contributed by atoms with van der Waals surface area (Å²) in [5.41, 5.74) is 2.77. The van der Waals surface area contributed by atoms with Gasteiger partial charge < -0.3 is 10.6 Å². The summed E-state index contributed by atoms with van der Waals surface area (Å²) in [6.45, 7) is 0. The Balaban J connectivity index is 1.95. The zero-order chi connectivity index (χ0) is 15.4. The molecule has 0 aliphatic carbocycles. The second-order valence-corrected chi connectivity index (χ2v) is 4.73. The first-order chi connectivity index (χ1) is 10.8. The van der Waals surface area contributed by atoms with Gasteiger partial charge in [-0.25, -0.2) is 4.98 Å². The maximum Gasteiger partial charge on any atom is 0.212 e. The molecular formula is C17H13N3O2. The number of benzene rings is 2. The highest BCUT2D eigenvalue weighted by molar-refractivity contribution is 5.91. The highest BCUT2D eigenvalue weighted by atomic mass is 16.1. The summed E-state index contributed by atoms with van der Waals surface area (Å²) >= 11 is 0. The molecule has 2 amide bonds.